The number of fused-ring (bicyclic) bond motifs is 1. The maximum atomic E-state index is 13.5. The summed E-state index contributed by atoms with van der Waals surface area (Å²) in [7, 11) is 0. The number of nitrogens with two attached hydrogens (primary N) is 2. The smallest absolute Gasteiger partial charge is 0.131 e. The van der Waals surface area contributed by atoms with Gasteiger partial charge in [0.25, 0.3) is 0 Å². The fourth-order valence-electron chi connectivity index (χ4n) is 1.63. The van der Waals surface area contributed by atoms with Gasteiger partial charge in [0.15, 0.2) is 0 Å². The van der Waals surface area contributed by atoms with Gasteiger partial charge in [-0.05, 0) is 11.6 Å². The molecule has 0 bridgehead atoms. The molecule has 1 aliphatic rings. The second kappa shape index (κ2) is 3.55. The molecular weight excluding hydrogens is 183 g/mol. The van der Waals surface area contributed by atoms with E-state index in [0.29, 0.717) is 17.9 Å². The predicted molar refractivity (Wildman–Crippen MR) is 51.6 cm³/mol. The van der Waals surface area contributed by atoms with Gasteiger partial charge < -0.3 is 16.2 Å². The van der Waals surface area contributed by atoms with Crippen LogP contribution in [0, 0.1) is 5.82 Å². The summed E-state index contributed by atoms with van der Waals surface area (Å²) in [6.45, 7) is 0.868. The summed E-state index contributed by atoms with van der Waals surface area (Å²) in [5.41, 5.74) is 12.6. The molecule has 1 atom stereocenters. The molecule has 0 spiro atoms. The van der Waals surface area contributed by atoms with Crippen LogP contribution in [0.1, 0.15) is 17.2 Å². The molecule has 0 saturated heterocycles. The van der Waals surface area contributed by atoms with E-state index in [0.717, 1.165) is 12.0 Å². The fraction of sp³-hybridized carbons (Fsp3) is 0.400. The minimum Gasteiger partial charge on any atom is -0.493 e. The largest absolute Gasteiger partial charge is 0.493 e. The number of rotatable bonds is 2. The van der Waals surface area contributed by atoms with E-state index in [1.807, 2.05) is 0 Å². The lowest BCUT2D eigenvalue weighted by atomic mass is 10.0. The zero-order valence-corrected chi connectivity index (χ0v) is 7.79. The minimum atomic E-state index is -0.430. The van der Waals surface area contributed by atoms with E-state index in [1.165, 1.54) is 6.07 Å². The van der Waals surface area contributed by atoms with Gasteiger partial charge in [-0.2, -0.15) is 0 Å². The number of hydrogen-bond donors (Lipinski definition) is 2. The first-order valence-electron chi connectivity index (χ1n) is 4.63. The van der Waals surface area contributed by atoms with E-state index in [9.17, 15) is 4.39 Å². The Morgan fingerprint density at radius 2 is 2.29 bits per heavy atom. The van der Waals surface area contributed by atoms with Gasteiger partial charge >= 0.3 is 0 Å². The van der Waals surface area contributed by atoms with Crippen LogP contribution in [0.25, 0.3) is 0 Å². The van der Waals surface area contributed by atoms with Crippen LogP contribution in [0.5, 0.6) is 5.75 Å². The summed E-state index contributed by atoms with van der Waals surface area (Å²) < 4.78 is 18.7. The van der Waals surface area contributed by atoms with Crippen LogP contribution in [0.4, 0.5) is 4.39 Å². The number of hydrogen-bond acceptors (Lipinski definition) is 3. The van der Waals surface area contributed by atoms with Crippen LogP contribution in [0.2, 0.25) is 0 Å². The molecule has 4 heteroatoms. The van der Waals surface area contributed by atoms with Gasteiger partial charge in [-0.3, -0.25) is 0 Å². The van der Waals surface area contributed by atoms with E-state index in [4.69, 9.17) is 16.2 Å². The molecule has 0 saturated carbocycles. The van der Waals surface area contributed by atoms with Gasteiger partial charge in [-0.25, -0.2) is 4.39 Å². The van der Waals surface area contributed by atoms with E-state index in [2.05, 4.69) is 0 Å². The highest BCUT2D eigenvalue weighted by atomic mass is 19.1. The Balaban J connectivity index is 2.42. The normalized spacial score (nSPS) is 16.2. The minimum absolute atomic E-state index is 0.247. The highest BCUT2D eigenvalue weighted by molar-refractivity contribution is 5.41. The first-order valence-corrected chi connectivity index (χ1v) is 4.63. The zero-order chi connectivity index (χ0) is 10.1. The summed E-state index contributed by atoms with van der Waals surface area (Å²) >= 11 is 0. The molecule has 0 fully saturated rings. The molecule has 3 nitrogen and oxygen atoms in total. The molecule has 0 aromatic heterocycles. The first-order chi connectivity index (χ1) is 6.72. The molecule has 1 aromatic carbocycles. The van der Waals surface area contributed by atoms with E-state index in [1.54, 1.807) is 6.07 Å². The Morgan fingerprint density at radius 1 is 1.50 bits per heavy atom. The predicted octanol–water partition coefficient (Wildman–Crippen LogP) is 0.719. The number of ether oxygens (including phenoxy) is 1. The Morgan fingerprint density at radius 3 is 3.00 bits per heavy atom. The van der Waals surface area contributed by atoms with E-state index in [-0.39, 0.29) is 12.4 Å². The first kappa shape index (κ1) is 9.43. The summed E-state index contributed by atoms with van der Waals surface area (Å²) in [6.07, 6.45) is 0.819. The topological polar surface area (TPSA) is 61.3 Å². The van der Waals surface area contributed by atoms with Gasteiger partial charge in [0.2, 0.25) is 0 Å². The molecule has 0 amide bonds. The molecule has 1 aliphatic heterocycles. The molecule has 0 radical (unpaired) electrons. The third-order valence-electron chi connectivity index (χ3n) is 2.46. The molecule has 14 heavy (non-hydrogen) atoms. The van der Waals surface area contributed by atoms with Gasteiger partial charge in [-0.15, -0.1) is 0 Å². The monoisotopic (exact) mass is 196 g/mol. The van der Waals surface area contributed by atoms with Crippen LogP contribution < -0.4 is 16.2 Å². The lowest BCUT2D eigenvalue weighted by Gasteiger charge is -2.11. The molecule has 1 heterocycles. The van der Waals surface area contributed by atoms with Crippen molar-refractivity contribution in [3.8, 4) is 5.75 Å². The summed E-state index contributed by atoms with van der Waals surface area (Å²) in [4.78, 5) is 0. The van der Waals surface area contributed by atoms with Crippen molar-refractivity contribution in [2.45, 2.75) is 12.5 Å². The lowest BCUT2D eigenvalue weighted by molar-refractivity contribution is 0.355. The Kier molecular flexibility index (Phi) is 2.39. The number of halogens is 1. The maximum Gasteiger partial charge on any atom is 0.131 e. The summed E-state index contributed by atoms with van der Waals surface area (Å²) in [5.74, 6) is 0.305. The molecular formula is C10H13FN2O. The van der Waals surface area contributed by atoms with Crippen LogP contribution in [0.3, 0.4) is 0 Å². The highest BCUT2D eigenvalue weighted by Gasteiger charge is 2.18. The van der Waals surface area contributed by atoms with Crippen LogP contribution >= 0.6 is 0 Å². The Hall–Kier alpha value is -1.13. The SMILES string of the molecule is NC[C@H](N)c1cc2c(cc1F)OCC2. The van der Waals surface area contributed by atoms with Crippen molar-refractivity contribution in [1.82, 2.24) is 0 Å². The second-order valence-corrected chi connectivity index (χ2v) is 3.42. The van der Waals surface area contributed by atoms with E-state index < -0.39 is 6.04 Å². The van der Waals surface area contributed by atoms with Crippen molar-refractivity contribution in [2.24, 2.45) is 11.5 Å². The lowest BCUT2D eigenvalue weighted by Crippen LogP contribution is -2.22. The zero-order valence-electron chi connectivity index (χ0n) is 7.79. The third kappa shape index (κ3) is 1.47. The van der Waals surface area contributed by atoms with Crippen LogP contribution in [0.15, 0.2) is 12.1 Å². The highest BCUT2D eigenvalue weighted by Crippen LogP contribution is 2.29. The average Bonchev–Trinajstić information content (AvgIpc) is 2.62. The van der Waals surface area contributed by atoms with Crippen molar-refractivity contribution in [3.63, 3.8) is 0 Å². The van der Waals surface area contributed by atoms with Crippen molar-refractivity contribution in [3.05, 3.63) is 29.1 Å². The van der Waals surface area contributed by atoms with Crippen molar-refractivity contribution >= 4 is 0 Å². The Bertz CT molecular complexity index is 354. The van der Waals surface area contributed by atoms with Gasteiger partial charge in [0.1, 0.15) is 11.6 Å². The summed E-state index contributed by atoms with van der Waals surface area (Å²) in [6, 6.07) is 2.73. The van der Waals surface area contributed by atoms with Crippen molar-refractivity contribution in [2.75, 3.05) is 13.2 Å². The van der Waals surface area contributed by atoms with Crippen molar-refractivity contribution in [1.29, 1.82) is 0 Å². The standard InChI is InChI=1S/C10H13FN2O/c11-8-4-10-6(1-2-14-10)3-7(8)9(13)5-12/h3-4,9H,1-2,5,12-13H2/t9-/m0/s1. The van der Waals surface area contributed by atoms with Gasteiger partial charge in [-0.1, -0.05) is 0 Å². The maximum absolute atomic E-state index is 13.5. The van der Waals surface area contributed by atoms with Crippen molar-refractivity contribution < 1.29 is 9.13 Å². The molecule has 0 unspecified atom stereocenters. The molecule has 0 aliphatic carbocycles. The molecule has 1 aromatic rings. The molecule has 4 N–H and O–H groups in total. The van der Waals surface area contributed by atoms with Gasteiger partial charge in [0, 0.05) is 30.6 Å². The second-order valence-electron chi connectivity index (χ2n) is 3.42. The third-order valence-corrected chi connectivity index (χ3v) is 2.46. The average molecular weight is 196 g/mol. The van der Waals surface area contributed by atoms with Gasteiger partial charge in [0.05, 0.1) is 6.61 Å². The molecule has 76 valence electrons. The quantitative estimate of drug-likeness (QED) is 0.732. The van der Waals surface area contributed by atoms with Crippen LogP contribution in [-0.4, -0.2) is 13.2 Å². The fourth-order valence-corrected chi connectivity index (χ4v) is 1.63. The van der Waals surface area contributed by atoms with E-state index >= 15 is 0 Å². The number of benzene rings is 1. The summed E-state index contributed by atoms with van der Waals surface area (Å²) in [5, 5.41) is 0. The Labute approximate surface area is 81.8 Å². The van der Waals surface area contributed by atoms with Crippen LogP contribution in [-0.2, 0) is 6.42 Å². The molecule has 2 rings (SSSR count).